The van der Waals surface area contributed by atoms with Crippen molar-refractivity contribution in [3.8, 4) is 6.07 Å². The van der Waals surface area contributed by atoms with Gasteiger partial charge in [-0.1, -0.05) is 0 Å². The van der Waals surface area contributed by atoms with Crippen molar-refractivity contribution in [3.63, 3.8) is 0 Å². The first-order valence-corrected chi connectivity index (χ1v) is 5.09. The third-order valence-electron chi connectivity index (χ3n) is 1.82. The summed E-state index contributed by atoms with van der Waals surface area (Å²) < 4.78 is 0. The molecule has 13 heavy (non-hydrogen) atoms. The molecule has 1 heterocycles. The molecule has 0 aromatic carbocycles. The van der Waals surface area contributed by atoms with E-state index in [1.54, 1.807) is 11.3 Å². The maximum atomic E-state index is 8.87. The minimum absolute atomic E-state index is 0.279. The van der Waals surface area contributed by atoms with Crippen molar-refractivity contribution in [3.05, 3.63) is 17.5 Å². The number of hydrogen-bond donors (Lipinski definition) is 0. The Morgan fingerprint density at radius 2 is 2.31 bits per heavy atom. The van der Waals surface area contributed by atoms with E-state index in [1.807, 2.05) is 32.3 Å². The molecule has 0 aliphatic heterocycles. The van der Waals surface area contributed by atoms with Crippen molar-refractivity contribution in [2.75, 3.05) is 18.5 Å². The van der Waals surface area contributed by atoms with Crippen LogP contribution in [0.2, 0.25) is 0 Å². The molecular formula is C10H14N2S. The Morgan fingerprint density at radius 3 is 2.77 bits per heavy atom. The van der Waals surface area contributed by atoms with Crippen LogP contribution in [0.1, 0.15) is 13.8 Å². The minimum Gasteiger partial charge on any atom is -0.365 e. The maximum absolute atomic E-state index is 8.87. The van der Waals surface area contributed by atoms with Gasteiger partial charge in [-0.2, -0.15) is 5.26 Å². The Bertz CT molecular complexity index is 295. The highest BCUT2D eigenvalue weighted by Gasteiger charge is 2.19. The molecule has 0 radical (unpaired) electrons. The van der Waals surface area contributed by atoms with E-state index >= 15 is 0 Å². The van der Waals surface area contributed by atoms with E-state index in [2.05, 4.69) is 17.0 Å². The predicted octanol–water partition coefficient (Wildman–Crippen LogP) is 2.73. The first-order valence-electron chi connectivity index (χ1n) is 4.21. The summed E-state index contributed by atoms with van der Waals surface area (Å²) in [4.78, 5) is 2.12. The number of thiophene rings is 1. The zero-order chi connectivity index (χ0) is 9.90. The van der Waals surface area contributed by atoms with Crippen LogP contribution in [0, 0.1) is 16.7 Å². The zero-order valence-corrected chi connectivity index (χ0v) is 9.06. The third kappa shape index (κ3) is 2.74. The number of anilines is 1. The summed E-state index contributed by atoms with van der Waals surface area (Å²) in [7, 11) is 2.02. The van der Waals surface area contributed by atoms with Gasteiger partial charge in [0.2, 0.25) is 0 Å². The summed E-state index contributed by atoms with van der Waals surface area (Å²) in [6.07, 6.45) is 0. The summed E-state index contributed by atoms with van der Waals surface area (Å²) in [6, 6.07) is 6.39. The molecule has 0 amide bonds. The van der Waals surface area contributed by atoms with Crippen LogP contribution in [-0.4, -0.2) is 13.6 Å². The van der Waals surface area contributed by atoms with Crippen LogP contribution in [0.25, 0.3) is 0 Å². The second-order valence-corrected chi connectivity index (χ2v) is 4.73. The summed E-state index contributed by atoms with van der Waals surface area (Å²) in [5.74, 6) is 0. The lowest BCUT2D eigenvalue weighted by Crippen LogP contribution is -2.29. The van der Waals surface area contributed by atoms with E-state index in [0.29, 0.717) is 0 Å². The number of nitrogens with zero attached hydrogens (tertiary/aromatic N) is 2. The highest BCUT2D eigenvalue weighted by atomic mass is 32.1. The molecule has 3 heteroatoms. The zero-order valence-electron chi connectivity index (χ0n) is 8.24. The maximum Gasteiger partial charge on any atom is 0.0906 e. The van der Waals surface area contributed by atoms with E-state index in [1.165, 1.54) is 5.00 Å². The number of rotatable bonds is 3. The molecule has 1 aromatic rings. The lowest BCUT2D eigenvalue weighted by molar-refractivity contribution is 0.498. The van der Waals surface area contributed by atoms with E-state index in [-0.39, 0.29) is 5.41 Å². The molecule has 0 atom stereocenters. The van der Waals surface area contributed by atoms with Gasteiger partial charge in [0.05, 0.1) is 16.5 Å². The monoisotopic (exact) mass is 194 g/mol. The molecule has 0 bridgehead atoms. The fourth-order valence-corrected chi connectivity index (χ4v) is 1.89. The second-order valence-electron chi connectivity index (χ2n) is 3.80. The molecule has 0 spiro atoms. The van der Waals surface area contributed by atoms with Crippen LogP contribution in [0.15, 0.2) is 17.5 Å². The molecule has 70 valence electrons. The molecule has 0 aliphatic rings. The van der Waals surface area contributed by atoms with Gasteiger partial charge in [-0.3, -0.25) is 0 Å². The number of hydrogen-bond acceptors (Lipinski definition) is 3. The van der Waals surface area contributed by atoms with Crippen molar-refractivity contribution >= 4 is 16.3 Å². The highest BCUT2D eigenvalue weighted by Crippen LogP contribution is 2.23. The topological polar surface area (TPSA) is 27.0 Å². The van der Waals surface area contributed by atoms with Crippen LogP contribution >= 0.6 is 11.3 Å². The Morgan fingerprint density at radius 1 is 1.62 bits per heavy atom. The van der Waals surface area contributed by atoms with Gasteiger partial charge in [0, 0.05) is 13.6 Å². The lowest BCUT2D eigenvalue weighted by atomic mass is 9.95. The fourth-order valence-electron chi connectivity index (χ4n) is 1.19. The number of nitriles is 1. The summed E-state index contributed by atoms with van der Waals surface area (Å²) in [5, 5.41) is 12.1. The smallest absolute Gasteiger partial charge is 0.0906 e. The van der Waals surface area contributed by atoms with Crippen LogP contribution in [-0.2, 0) is 0 Å². The first-order chi connectivity index (χ1) is 6.05. The summed E-state index contributed by atoms with van der Waals surface area (Å²) >= 11 is 1.70. The molecule has 0 unspecified atom stereocenters. The second kappa shape index (κ2) is 3.80. The van der Waals surface area contributed by atoms with Crippen LogP contribution in [0.5, 0.6) is 0 Å². The molecule has 1 rings (SSSR count). The largest absolute Gasteiger partial charge is 0.365 e. The Labute approximate surface area is 83.4 Å². The van der Waals surface area contributed by atoms with Gasteiger partial charge in [0.1, 0.15) is 0 Å². The molecule has 0 saturated carbocycles. The minimum atomic E-state index is -0.279. The van der Waals surface area contributed by atoms with Crippen molar-refractivity contribution in [1.82, 2.24) is 0 Å². The van der Waals surface area contributed by atoms with Crippen molar-refractivity contribution in [2.45, 2.75) is 13.8 Å². The molecule has 0 aliphatic carbocycles. The van der Waals surface area contributed by atoms with E-state index < -0.39 is 0 Å². The Kier molecular flexibility index (Phi) is 2.94. The van der Waals surface area contributed by atoms with Gasteiger partial charge in [0.25, 0.3) is 0 Å². The first kappa shape index (κ1) is 10.1. The van der Waals surface area contributed by atoms with E-state index in [4.69, 9.17) is 5.26 Å². The molecule has 0 fully saturated rings. The lowest BCUT2D eigenvalue weighted by Gasteiger charge is -2.24. The van der Waals surface area contributed by atoms with Crippen molar-refractivity contribution < 1.29 is 0 Å². The van der Waals surface area contributed by atoms with Crippen molar-refractivity contribution in [1.29, 1.82) is 5.26 Å². The fraction of sp³-hybridized carbons (Fsp3) is 0.500. The van der Waals surface area contributed by atoms with Gasteiger partial charge < -0.3 is 4.90 Å². The van der Waals surface area contributed by atoms with Gasteiger partial charge in [-0.25, -0.2) is 0 Å². The van der Waals surface area contributed by atoms with Gasteiger partial charge >= 0.3 is 0 Å². The van der Waals surface area contributed by atoms with Crippen LogP contribution in [0.4, 0.5) is 5.00 Å². The van der Waals surface area contributed by atoms with Gasteiger partial charge in [0.15, 0.2) is 0 Å². The average molecular weight is 194 g/mol. The molecular weight excluding hydrogens is 180 g/mol. The van der Waals surface area contributed by atoms with Gasteiger partial charge in [-0.05, 0) is 31.4 Å². The molecule has 2 nitrogen and oxygen atoms in total. The average Bonchev–Trinajstić information content (AvgIpc) is 2.55. The van der Waals surface area contributed by atoms with Crippen LogP contribution < -0.4 is 4.90 Å². The van der Waals surface area contributed by atoms with Crippen LogP contribution in [0.3, 0.4) is 0 Å². The standard InChI is InChI=1S/C10H14N2S/c1-10(2,7-11)8-12(3)9-5-4-6-13-9/h4-6H,8H2,1-3H3. The quantitative estimate of drug-likeness (QED) is 0.739. The Hall–Kier alpha value is -1.01. The molecule has 0 saturated heterocycles. The van der Waals surface area contributed by atoms with Gasteiger partial charge in [-0.15, -0.1) is 11.3 Å². The summed E-state index contributed by atoms with van der Waals surface area (Å²) in [6.45, 7) is 4.68. The highest BCUT2D eigenvalue weighted by molar-refractivity contribution is 7.14. The molecule has 1 aromatic heterocycles. The van der Waals surface area contributed by atoms with Crippen molar-refractivity contribution in [2.24, 2.45) is 5.41 Å². The Balaban J connectivity index is 2.62. The third-order valence-corrected chi connectivity index (χ3v) is 2.80. The summed E-state index contributed by atoms with van der Waals surface area (Å²) in [5.41, 5.74) is -0.279. The van der Waals surface area contributed by atoms with E-state index in [0.717, 1.165) is 6.54 Å². The molecule has 0 N–H and O–H groups in total. The van der Waals surface area contributed by atoms with E-state index in [9.17, 15) is 0 Å². The normalized spacial score (nSPS) is 10.9. The SMILES string of the molecule is CN(CC(C)(C)C#N)c1cccs1. The predicted molar refractivity (Wildman–Crippen MR) is 57.0 cm³/mol.